The van der Waals surface area contributed by atoms with E-state index in [0.717, 1.165) is 7.11 Å². The van der Waals surface area contributed by atoms with Crippen molar-refractivity contribution in [1.82, 2.24) is 10.3 Å². The summed E-state index contributed by atoms with van der Waals surface area (Å²) < 4.78 is 44.0. The second-order valence-corrected chi connectivity index (χ2v) is 4.59. The predicted molar refractivity (Wildman–Crippen MR) is 72.0 cm³/mol. The van der Waals surface area contributed by atoms with Crippen LogP contribution in [0, 0.1) is 0 Å². The number of aromatic nitrogens is 1. The fourth-order valence-electron chi connectivity index (χ4n) is 2.29. The van der Waals surface area contributed by atoms with Gasteiger partial charge in [-0.05, 0) is 11.6 Å². The number of carbonyl (C=O) groups excluding carboxylic acids is 2. The van der Waals surface area contributed by atoms with Crippen molar-refractivity contribution >= 4 is 23.3 Å². The molecule has 1 heterocycles. The Morgan fingerprint density at radius 2 is 2.09 bits per heavy atom. The number of alkyl halides is 3. The lowest BCUT2D eigenvalue weighted by Gasteiger charge is -2.15. The summed E-state index contributed by atoms with van der Waals surface area (Å²) in [6, 6.07) is 5.03. The molecule has 1 unspecified atom stereocenters. The van der Waals surface area contributed by atoms with Gasteiger partial charge in [-0.15, -0.1) is 0 Å². The third-order valence-corrected chi connectivity index (χ3v) is 3.26. The van der Waals surface area contributed by atoms with Crippen molar-refractivity contribution in [2.24, 2.45) is 0 Å². The first-order chi connectivity index (χ1) is 10.4. The molecular formula is C14H13F3N2O3. The minimum atomic E-state index is -4.60. The van der Waals surface area contributed by atoms with Crippen molar-refractivity contribution in [1.29, 1.82) is 0 Å². The first-order valence-electron chi connectivity index (χ1n) is 6.32. The van der Waals surface area contributed by atoms with Crippen molar-refractivity contribution in [2.45, 2.75) is 18.6 Å². The van der Waals surface area contributed by atoms with E-state index in [1.807, 2.05) is 0 Å². The Bertz CT molecular complexity index is 694. The number of H-pyrrole nitrogens is 1. The molecule has 1 aromatic heterocycles. The fraction of sp³-hybridized carbons (Fsp3) is 0.286. The monoisotopic (exact) mass is 314 g/mol. The van der Waals surface area contributed by atoms with Gasteiger partial charge in [-0.25, -0.2) is 4.79 Å². The van der Waals surface area contributed by atoms with Crippen LogP contribution in [0.3, 0.4) is 0 Å². The smallest absolute Gasteiger partial charge is 0.431 e. The minimum absolute atomic E-state index is 0.0900. The summed E-state index contributed by atoms with van der Waals surface area (Å²) in [4.78, 5) is 24.5. The molecule has 0 fully saturated rings. The number of esters is 1. The molecular weight excluding hydrogens is 301 g/mol. The first-order valence-corrected chi connectivity index (χ1v) is 6.32. The Morgan fingerprint density at radius 3 is 2.68 bits per heavy atom. The van der Waals surface area contributed by atoms with Gasteiger partial charge < -0.3 is 15.0 Å². The molecule has 0 aliphatic heterocycles. The largest absolute Gasteiger partial charge is 0.467 e. The van der Waals surface area contributed by atoms with Crippen LogP contribution in [0.25, 0.3) is 10.9 Å². The lowest BCUT2D eigenvalue weighted by Crippen LogP contribution is -2.39. The average molecular weight is 314 g/mol. The standard InChI is InChI=1S/C14H13F3N2O3/c1-22-13(21)11(18-7-20)6-9-8-4-2-3-5-10(8)19-12(9)14(15,16)17/h2-5,7,11,19H,6H2,1H3,(H,18,20). The molecule has 0 aliphatic rings. The molecule has 118 valence electrons. The zero-order chi connectivity index (χ0) is 16.3. The third kappa shape index (κ3) is 3.05. The van der Waals surface area contributed by atoms with Gasteiger partial charge in [-0.1, -0.05) is 18.2 Å². The highest BCUT2D eigenvalue weighted by molar-refractivity contribution is 5.86. The van der Waals surface area contributed by atoms with E-state index in [0.29, 0.717) is 10.9 Å². The van der Waals surface area contributed by atoms with Crippen molar-refractivity contribution in [3.63, 3.8) is 0 Å². The topological polar surface area (TPSA) is 71.2 Å². The molecule has 0 saturated heterocycles. The van der Waals surface area contributed by atoms with Gasteiger partial charge in [0.1, 0.15) is 11.7 Å². The summed E-state index contributed by atoms with van der Waals surface area (Å²) >= 11 is 0. The van der Waals surface area contributed by atoms with Crippen LogP contribution in [0.2, 0.25) is 0 Å². The normalized spacial score (nSPS) is 12.9. The molecule has 22 heavy (non-hydrogen) atoms. The van der Waals surface area contributed by atoms with Crippen LogP contribution < -0.4 is 5.32 Å². The zero-order valence-corrected chi connectivity index (χ0v) is 11.5. The molecule has 1 aromatic carbocycles. The number of methoxy groups -OCH3 is 1. The van der Waals surface area contributed by atoms with Gasteiger partial charge >= 0.3 is 12.1 Å². The van der Waals surface area contributed by atoms with E-state index < -0.39 is 23.9 Å². The molecule has 8 heteroatoms. The second kappa shape index (κ2) is 6.08. The van der Waals surface area contributed by atoms with E-state index in [1.54, 1.807) is 12.1 Å². The Morgan fingerprint density at radius 1 is 1.41 bits per heavy atom. The first kappa shape index (κ1) is 15.9. The molecule has 0 saturated carbocycles. The molecule has 0 bridgehead atoms. The van der Waals surface area contributed by atoms with E-state index in [9.17, 15) is 22.8 Å². The highest BCUT2D eigenvalue weighted by atomic mass is 19.4. The lowest BCUT2D eigenvalue weighted by atomic mass is 10.0. The summed E-state index contributed by atoms with van der Waals surface area (Å²) in [6.07, 6.45) is -4.68. The van der Waals surface area contributed by atoms with Gasteiger partial charge in [0.2, 0.25) is 6.41 Å². The molecule has 0 spiro atoms. The number of fused-ring (bicyclic) bond motifs is 1. The highest BCUT2D eigenvalue weighted by Gasteiger charge is 2.37. The second-order valence-electron chi connectivity index (χ2n) is 4.59. The van der Waals surface area contributed by atoms with E-state index in [1.165, 1.54) is 12.1 Å². The molecule has 1 amide bonds. The number of para-hydroxylation sites is 1. The molecule has 2 rings (SSSR count). The number of nitrogens with one attached hydrogen (secondary N) is 2. The molecule has 2 N–H and O–H groups in total. The summed E-state index contributed by atoms with van der Waals surface area (Å²) in [6.45, 7) is 0. The van der Waals surface area contributed by atoms with E-state index in [4.69, 9.17) is 0 Å². The average Bonchev–Trinajstić information content (AvgIpc) is 2.85. The number of hydrogen-bond donors (Lipinski definition) is 2. The summed E-state index contributed by atoms with van der Waals surface area (Å²) in [7, 11) is 1.10. The molecule has 1 atom stereocenters. The SMILES string of the molecule is COC(=O)C(Cc1c(C(F)(F)F)[nH]c2ccccc12)NC=O. The van der Waals surface area contributed by atoms with Gasteiger partial charge in [0.05, 0.1) is 7.11 Å². The lowest BCUT2D eigenvalue weighted by molar-refractivity contribution is -0.145. The molecule has 2 aromatic rings. The van der Waals surface area contributed by atoms with E-state index in [-0.39, 0.29) is 18.4 Å². The van der Waals surface area contributed by atoms with E-state index >= 15 is 0 Å². The summed E-state index contributed by atoms with van der Waals surface area (Å²) in [5.41, 5.74) is -0.720. The van der Waals surface area contributed by atoms with Crippen LogP contribution in [0.4, 0.5) is 13.2 Å². The number of rotatable bonds is 5. The number of aromatic amines is 1. The maximum absolute atomic E-state index is 13.2. The van der Waals surface area contributed by atoms with Gasteiger partial charge in [0.15, 0.2) is 0 Å². The predicted octanol–water partition coefficient (Wildman–Crippen LogP) is 2.02. The van der Waals surface area contributed by atoms with Crippen LogP contribution in [0.5, 0.6) is 0 Å². The van der Waals surface area contributed by atoms with Crippen LogP contribution in [-0.2, 0) is 26.9 Å². The highest BCUT2D eigenvalue weighted by Crippen LogP contribution is 2.36. The molecule has 0 radical (unpaired) electrons. The van der Waals surface area contributed by atoms with Crippen LogP contribution in [0.15, 0.2) is 24.3 Å². The van der Waals surface area contributed by atoms with Crippen molar-refractivity contribution in [2.75, 3.05) is 7.11 Å². The Balaban J connectivity index is 2.52. The van der Waals surface area contributed by atoms with Crippen LogP contribution in [-0.4, -0.2) is 30.5 Å². The number of halogens is 3. The van der Waals surface area contributed by atoms with Crippen molar-refractivity contribution in [3.8, 4) is 0 Å². The summed E-state index contributed by atoms with van der Waals surface area (Å²) in [5.74, 6) is -0.814. The third-order valence-electron chi connectivity index (χ3n) is 3.26. The maximum Gasteiger partial charge on any atom is 0.431 e. The van der Waals surface area contributed by atoms with Crippen molar-refractivity contribution < 1.29 is 27.5 Å². The van der Waals surface area contributed by atoms with E-state index in [2.05, 4.69) is 15.0 Å². The summed E-state index contributed by atoms with van der Waals surface area (Å²) in [5, 5.41) is 2.52. The Labute approximate surface area is 123 Å². The van der Waals surface area contributed by atoms with Crippen molar-refractivity contribution in [3.05, 3.63) is 35.5 Å². The molecule has 5 nitrogen and oxygen atoms in total. The van der Waals surface area contributed by atoms with Gasteiger partial charge in [-0.3, -0.25) is 4.79 Å². The van der Waals surface area contributed by atoms with Gasteiger partial charge in [-0.2, -0.15) is 13.2 Å². The Hall–Kier alpha value is -2.51. The van der Waals surface area contributed by atoms with Crippen LogP contribution >= 0.6 is 0 Å². The maximum atomic E-state index is 13.2. The number of benzene rings is 1. The number of amides is 1. The van der Waals surface area contributed by atoms with Gasteiger partial charge in [0.25, 0.3) is 0 Å². The minimum Gasteiger partial charge on any atom is -0.467 e. The Kier molecular flexibility index (Phi) is 4.39. The quantitative estimate of drug-likeness (QED) is 0.655. The zero-order valence-electron chi connectivity index (χ0n) is 11.5. The number of hydrogen-bond acceptors (Lipinski definition) is 3. The van der Waals surface area contributed by atoms with Gasteiger partial charge in [0, 0.05) is 17.3 Å². The number of carbonyl (C=O) groups is 2. The number of ether oxygens (including phenoxy) is 1. The fourth-order valence-corrected chi connectivity index (χ4v) is 2.29. The van der Waals surface area contributed by atoms with Crippen LogP contribution in [0.1, 0.15) is 11.3 Å². The molecule has 0 aliphatic carbocycles.